The zero-order chi connectivity index (χ0) is 24.9. The minimum absolute atomic E-state index is 0.0284. The van der Waals surface area contributed by atoms with Gasteiger partial charge in [0.05, 0.1) is 0 Å². The van der Waals surface area contributed by atoms with Gasteiger partial charge in [-0.2, -0.15) is 0 Å². The monoisotopic (exact) mass is 515 g/mol. The van der Waals surface area contributed by atoms with Crippen molar-refractivity contribution in [1.82, 2.24) is 15.2 Å². The average Bonchev–Trinajstić information content (AvgIpc) is 3.29. The number of rotatable bonds is 9. The Labute approximate surface area is 209 Å². The van der Waals surface area contributed by atoms with E-state index in [4.69, 9.17) is 10.6 Å². The molecule has 1 fully saturated rings. The maximum Gasteiger partial charge on any atom is 0.352 e. The van der Waals surface area contributed by atoms with Gasteiger partial charge in [-0.15, -0.1) is 23.1 Å². The Morgan fingerprint density at radius 2 is 2.14 bits per heavy atom. The molecule has 2 aromatic rings. The predicted octanol–water partition coefficient (Wildman–Crippen LogP) is 0.748. The molecule has 4 heterocycles. The number of allylic oxidation sites excluding steroid dienone is 2. The number of β-lactam (4-membered cyclic amide) rings is 1. The van der Waals surface area contributed by atoms with E-state index in [1.165, 1.54) is 23.8 Å². The Balaban J connectivity index is 1.44. The number of carbonyl (C=O) groups excluding carboxylic acids is 2. The lowest BCUT2D eigenvalue weighted by molar-refractivity contribution is -0.687. The van der Waals surface area contributed by atoms with Crippen molar-refractivity contribution in [2.45, 2.75) is 24.4 Å². The number of nitrogens with two attached hydrogens (primary N) is 1. The molecule has 2 amide bonds. The smallest absolute Gasteiger partial charge is 0.352 e. The highest BCUT2D eigenvalue weighted by molar-refractivity contribution is 8.00. The van der Waals surface area contributed by atoms with Gasteiger partial charge in [0.25, 0.3) is 11.8 Å². The summed E-state index contributed by atoms with van der Waals surface area (Å²) >= 11 is 2.54. The van der Waals surface area contributed by atoms with Crippen molar-refractivity contribution in [1.29, 1.82) is 0 Å². The van der Waals surface area contributed by atoms with Crippen molar-refractivity contribution in [3.8, 4) is 0 Å². The Bertz CT molecular complexity index is 1230. The number of carboxylic acids is 1. The van der Waals surface area contributed by atoms with Crippen LogP contribution in [0.25, 0.3) is 0 Å². The van der Waals surface area contributed by atoms with Gasteiger partial charge < -0.3 is 21.0 Å². The van der Waals surface area contributed by atoms with Gasteiger partial charge in [-0.3, -0.25) is 14.5 Å². The number of pyridine rings is 1. The maximum absolute atomic E-state index is 12.9. The number of oxime groups is 1. The molecule has 11 nitrogen and oxygen atoms in total. The molecule has 0 radical (unpaired) electrons. The molecule has 4 N–H and O–H groups in total. The SMILES string of the molecule is CO/N=C(\C(=O)NC1C(=O)N2C(C(=O)O)=C(C/C=C\C[n+]3ccccc3)CSC12)c1csc(N)n1. The molecule has 2 aliphatic rings. The molecule has 0 aliphatic carbocycles. The molecule has 0 spiro atoms. The highest BCUT2D eigenvalue weighted by atomic mass is 32.2. The number of nitrogens with one attached hydrogen (secondary N) is 1. The molecule has 35 heavy (non-hydrogen) atoms. The molecule has 2 aromatic heterocycles. The van der Waals surface area contributed by atoms with E-state index in [0.717, 1.165) is 11.3 Å². The summed E-state index contributed by atoms with van der Waals surface area (Å²) < 4.78 is 1.99. The van der Waals surface area contributed by atoms with E-state index >= 15 is 0 Å². The van der Waals surface area contributed by atoms with Crippen LogP contribution in [0.1, 0.15) is 12.1 Å². The number of carbonyl (C=O) groups is 3. The first-order chi connectivity index (χ1) is 16.9. The predicted molar refractivity (Wildman–Crippen MR) is 130 cm³/mol. The fourth-order valence-electron chi connectivity index (χ4n) is 3.72. The summed E-state index contributed by atoms with van der Waals surface area (Å²) in [6.45, 7) is 0.652. The van der Waals surface area contributed by atoms with E-state index < -0.39 is 29.2 Å². The van der Waals surface area contributed by atoms with Gasteiger partial charge in [-0.25, -0.2) is 14.3 Å². The Kier molecular flexibility index (Phi) is 7.46. The van der Waals surface area contributed by atoms with Crippen LogP contribution in [-0.2, 0) is 25.8 Å². The van der Waals surface area contributed by atoms with Crippen LogP contribution in [0.5, 0.6) is 0 Å². The molecule has 0 aromatic carbocycles. The zero-order valence-corrected chi connectivity index (χ0v) is 20.3. The number of aromatic nitrogens is 2. The van der Waals surface area contributed by atoms with E-state index in [1.807, 2.05) is 47.3 Å². The number of thiazole rings is 1. The van der Waals surface area contributed by atoms with Crippen LogP contribution in [0.4, 0.5) is 5.13 Å². The molecule has 4 rings (SSSR count). The lowest BCUT2D eigenvalue weighted by atomic mass is 10.0. The van der Waals surface area contributed by atoms with Gasteiger partial charge in [-0.1, -0.05) is 17.3 Å². The van der Waals surface area contributed by atoms with Crippen LogP contribution in [0, 0.1) is 0 Å². The van der Waals surface area contributed by atoms with Gasteiger partial charge in [0.2, 0.25) is 0 Å². The third-order valence-corrected chi connectivity index (χ3v) is 7.34. The van der Waals surface area contributed by atoms with E-state index in [2.05, 4.69) is 15.5 Å². The first-order valence-electron chi connectivity index (χ1n) is 10.5. The lowest BCUT2D eigenvalue weighted by Gasteiger charge is -2.49. The van der Waals surface area contributed by atoms with Crippen molar-refractivity contribution in [3.63, 3.8) is 0 Å². The van der Waals surface area contributed by atoms with Crippen LogP contribution in [-0.4, -0.2) is 62.8 Å². The Morgan fingerprint density at radius 3 is 2.80 bits per heavy atom. The highest BCUT2D eigenvalue weighted by Gasteiger charge is 2.54. The van der Waals surface area contributed by atoms with E-state index in [1.54, 1.807) is 5.38 Å². The summed E-state index contributed by atoms with van der Waals surface area (Å²) in [5.41, 5.74) is 6.36. The van der Waals surface area contributed by atoms with Crippen molar-refractivity contribution in [3.05, 3.63) is 65.1 Å². The van der Waals surface area contributed by atoms with E-state index in [-0.39, 0.29) is 22.2 Å². The van der Waals surface area contributed by atoms with Gasteiger partial charge in [0, 0.05) is 23.3 Å². The summed E-state index contributed by atoms with van der Waals surface area (Å²) in [4.78, 5) is 47.8. The summed E-state index contributed by atoms with van der Waals surface area (Å²) in [7, 11) is 1.29. The number of fused-ring (bicyclic) bond motifs is 1. The normalized spacial score (nSPS) is 20.0. The number of amides is 2. The largest absolute Gasteiger partial charge is 0.477 e. The second-order valence-corrected chi connectivity index (χ2v) is 9.55. The van der Waals surface area contributed by atoms with Gasteiger partial charge in [-0.05, 0) is 18.1 Å². The highest BCUT2D eigenvalue weighted by Crippen LogP contribution is 2.41. The third-order valence-electron chi connectivity index (χ3n) is 5.32. The van der Waals surface area contributed by atoms with Gasteiger partial charge in [0.15, 0.2) is 29.8 Å². The number of nitrogens with zero attached hydrogens (tertiary/aromatic N) is 4. The summed E-state index contributed by atoms with van der Waals surface area (Å²) in [6.07, 6.45) is 8.13. The van der Waals surface area contributed by atoms with Crippen LogP contribution in [0.15, 0.2) is 64.6 Å². The zero-order valence-electron chi connectivity index (χ0n) is 18.7. The summed E-state index contributed by atoms with van der Waals surface area (Å²) in [6, 6.07) is 4.89. The number of thioether (sulfide) groups is 1. The van der Waals surface area contributed by atoms with Gasteiger partial charge in [0.1, 0.15) is 29.9 Å². The molecule has 2 atom stereocenters. The van der Waals surface area contributed by atoms with Crippen molar-refractivity contribution >= 4 is 51.7 Å². The van der Waals surface area contributed by atoms with Crippen molar-refractivity contribution in [2.24, 2.45) is 5.16 Å². The molecule has 182 valence electrons. The molecule has 0 saturated carbocycles. The van der Waals surface area contributed by atoms with E-state index in [9.17, 15) is 19.5 Å². The fraction of sp³-hybridized carbons (Fsp3) is 0.273. The topological polar surface area (TPSA) is 151 Å². The minimum atomic E-state index is -1.17. The standard InChI is InChI=1S/C22H22N6O5S2/c1-33-26-15(14-12-35-22(23)24-14)18(29)25-16-19(30)28-17(21(31)32)13(11-34-20(16)28)7-3-6-10-27-8-4-2-5-9-27/h2-6,8-9,12,16,20H,7,10-11H2,1H3,(H3-,23,24,25,29,31,32)/p+1/b6-3-,26-15-. The summed E-state index contributed by atoms with van der Waals surface area (Å²) in [5.74, 6) is -1.91. The number of aliphatic carboxylic acids is 1. The average molecular weight is 516 g/mol. The van der Waals surface area contributed by atoms with Crippen LogP contribution in [0.2, 0.25) is 0 Å². The molecule has 2 aliphatic heterocycles. The van der Waals surface area contributed by atoms with Crippen LogP contribution >= 0.6 is 23.1 Å². The molecule has 13 heteroatoms. The Morgan fingerprint density at radius 1 is 1.37 bits per heavy atom. The number of anilines is 1. The number of hydrogen-bond donors (Lipinski definition) is 3. The van der Waals surface area contributed by atoms with Crippen LogP contribution < -0.4 is 15.6 Å². The number of nitrogen functional groups attached to an aromatic ring is 1. The van der Waals surface area contributed by atoms with E-state index in [0.29, 0.717) is 24.3 Å². The molecular weight excluding hydrogens is 492 g/mol. The first-order valence-corrected chi connectivity index (χ1v) is 12.5. The fourth-order valence-corrected chi connectivity index (χ4v) is 5.63. The van der Waals surface area contributed by atoms with Crippen LogP contribution in [0.3, 0.4) is 0 Å². The second kappa shape index (κ2) is 10.7. The minimum Gasteiger partial charge on any atom is -0.477 e. The Hall–Kier alpha value is -3.71. The number of hydrogen-bond acceptors (Lipinski definition) is 9. The second-order valence-electron chi connectivity index (χ2n) is 7.56. The summed E-state index contributed by atoms with van der Waals surface area (Å²) in [5, 5.41) is 17.5. The molecule has 0 bridgehead atoms. The first kappa shape index (κ1) is 24.4. The third kappa shape index (κ3) is 5.20. The lowest BCUT2D eigenvalue weighted by Crippen LogP contribution is -2.71. The maximum atomic E-state index is 12.9. The van der Waals surface area contributed by atoms with Crippen molar-refractivity contribution < 1.29 is 28.9 Å². The number of carboxylic acid groups (broad SMARTS) is 1. The molecular formula is C22H23N6O5S2+. The molecule has 1 saturated heterocycles. The van der Waals surface area contributed by atoms with Gasteiger partial charge >= 0.3 is 5.97 Å². The quantitative estimate of drug-likeness (QED) is 0.146. The molecule has 2 unspecified atom stereocenters. The van der Waals surface area contributed by atoms with Crippen molar-refractivity contribution in [2.75, 3.05) is 18.6 Å².